The van der Waals surface area contributed by atoms with Crippen LogP contribution in [0, 0.1) is 69.2 Å². The molecule has 6 aliphatic heterocycles. The van der Waals surface area contributed by atoms with Crippen molar-refractivity contribution >= 4 is 99.3 Å². The van der Waals surface area contributed by atoms with Crippen LogP contribution in [0.1, 0.15) is 213 Å². The van der Waals surface area contributed by atoms with Crippen LogP contribution < -0.4 is 29.8 Å². The van der Waals surface area contributed by atoms with E-state index in [0.29, 0.717) is 64.1 Å². The molecule has 0 saturated carbocycles. The molecule has 0 radical (unpaired) electrons. The number of rotatable bonds is 11. The van der Waals surface area contributed by atoms with Gasteiger partial charge in [0.1, 0.15) is 0 Å². The van der Waals surface area contributed by atoms with Crippen LogP contribution in [-0.4, -0.2) is 108 Å². The summed E-state index contributed by atoms with van der Waals surface area (Å²) in [5, 5.41) is 1.74. The minimum Gasteiger partial charge on any atom is -0.288 e. The molecule has 620 valence electrons. The summed E-state index contributed by atoms with van der Waals surface area (Å²) < 4.78 is 287. The summed E-state index contributed by atoms with van der Waals surface area (Å²) >= 11 is 0. The maximum Gasteiger partial charge on any atom is 0.411 e. The van der Waals surface area contributed by atoms with Gasteiger partial charge < -0.3 is 0 Å². The molecule has 6 aliphatic rings. The number of hydrogen-bond acceptors (Lipinski definition) is 12. The van der Waals surface area contributed by atoms with Crippen molar-refractivity contribution in [2.75, 3.05) is 24.5 Å². The number of alkyl halides is 18. The zero-order valence-corrected chi connectivity index (χ0v) is 63.6. The van der Waals surface area contributed by atoms with Crippen LogP contribution in [0.5, 0.6) is 0 Å². The standard InChI is InChI=1S/C85H52F18N6O12/c1-32-23-33(2)60(39(8)38(32)7)105-67(112)49-18-13-44(28-55(49)72(105)117)78(82(92,93)94,83(95,96)97)45-14-20-51-57(29-45)74(119)108(69(51)114)63-36(5)25-37(6)64(41(63)10)109-71(116)53-22-16-47(31-59(53)76(109)121)79(84(98,99)100,85(101,102)103)46-15-21-52-58(30-46)75(120)107(70(52)115)62-35(4)24-34(3)61(40(62)9)106-68(113)50-19-12-43(27-56(50)73(106)118)77(80(86,87)88,81(89,90)91)42-11-17-48-54(26-42)66(111)104-65(48)110/h11-31H,1-10H3,(H,104,110,111). The van der Waals surface area contributed by atoms with Crippen LogP contribution >= 0.6 is 0 Å². The van der Waals surface area contributed by atoms with Gasteiger partial charge in [-0.15, -0.1) is 0 Å². The van der Waals surface area contributed by atoms with Gasteiger partial charge >= 0.3 is 37.1 Å². The first-order valence-corrected chi connectivity index (χ1v) is 35.9. The van der Waals surface area contributed by atoms with Gasteiger partial charge in [-0.05, 0) is 231 Å². The van der Waals surface area contributed by atoms with E-state index in [-0.39, 0.29) is 114 Å². The minimum atomic E-state index is -6.60. The third-order valence-electron chi connectivity index (χ3n) is 23.5. The lowest BCUT2D eigenvalue weighted by atomic mass is 9.71. The molecular formula is C85H52F18N6O12. The minimum absolute atomic E-state index is 0.0284. The van der Waals surface area contributed by atoms with Gasteiger partial charge in [0.05, 0.1) is 95.2 Å². The molecule has 0 atom stereocenters. The molecule has 121 heavy (non-hydrogen) atoms. The third-order valence-corrected chi connectivity index (χ3v) is 23.5. The van der Waals surface area contributed by atoms with Crippen LogP contribution in [0.4, 0.5) is 107 Å². The normalized spacial score (nSPS) is 16.0. The van der Waals surface area contributed by atoms with E-state index in [9.17, 15) is 57.5 Å². The van der Waals surface area contributed by atoms with E-state index < -0.39 is 258 Å². The average Bonchev–Trinajstić information content (AvgIpc) is 1.69. The van der Waals surface area contributed by atoms with Crippen molar-refractivity contribution in [2.24, 2.45) is 0 Å². The zero-order chi connectivity index (χ0) is 88.9. The number of carbonyl (C=O) groups excluding carboxylic acids is 12. The number of anilines is 5. The Kier molecular flexibility index (Phi) is 18.0. The van der Waals surface area contributed by atoms with Gasteiger partial charge in [-0.2, -0.15) is 79.0 Å². The van der Waals surface area contributed by atoms with Crippen molar-refractivity contribution in [1.29, 1.82) is 0 Å². The third kappa shape index (κ3) is 10.9. The maximum atomic E-state index is 16.3. The lowest BCUT2D eigenvalue weighted by Gasteiger charge is -2.38. The van der Waals surface area contributed by atoms with Gasteiger partial charge in [0, 0.05) is 0 Å². The Balaban J connectivity index is 0.751. The summed E-state index contributed by atoms with van der Waals surface area (Å²) in [6.07, 6.45) is -38.8. The lowest BCUT2D eigenvalue weighted by Crippen LogP contribution is -2.55. The Morgan fingerprint density at radius 3 is 0.587 bits per heavy atom. The first-order valence-electron chi connectivity index (χ1n) is 35.9. The molecule has 0 unspecified atom stereocenters. The van der Waals surface area contributed by atoms with Gasteiger partial charge in [0.2, 0.25) is 16.2 Å². The molecule has 18 nitrogen and oxygen atoms in total. The Labute approximate surface area is 668 Å². The number of amides is 12. The van der Waals surface area contributed by atoms with Crippen LogP contribution in [0.15, 0.2) is 127 Å². The predicted molar refractivity (Wildman–Crippen MR) is 392 cm³/mol. The molecule has 0 spiro atoms. The molecule has 0 aromatic heterocycles. The van der Waals surface area contributed by atoms with Gasteiger partial charge in [-0.3, -0.25) is 62.9 Å². The predicted octanol–water partition coefficient (Wildman–Crippen LogP) is 17.9. The maximum absolute atomic E-state index is 16.3. The van der Waals surface area contributed by atoms with Crippen molar-refractivity contribution in [2.45, 2.75) is 123 Å². The van der Waals surface area contributed by atoms with Crippen LogP contribution in [0.3, 0.4) is 0 Å². The summed E-state index contributed by atoms with van der Waals surface area (Å²) in [6, 6.07) is 8.98. The first-order chi connectivity index (χ1) is 56.0. The first kappa shape index (κ1) is 82.7. The summed E-state index contributed by atoms with van der Waals surface area (Å²) in [5.74, 6) is -17.2. The highest BCUT2D eigenvalue weighted by Gasteiger charge is 2.76. The fraction of sp³-hybridized carbons (Fsp3) is 0.224. The van der Waals surface area contributed by atoms with E-state index in [0.717, 1.165) is 31.5 Å². The number of hydrogen-bond donors (Lipinski definition) is 1. The van der Waals surface area contributed by atoms with Crippen molar-refractivity contribution in [1.82, 2.24) is 5.32 Å². The molecule has 1 N–H and O–H groups in total. The number of imide groups is 6. The van der Waals surface area contributed by atoms with Crippen molar-refractivity contribution < 1.29 is 137 Å². The number of nitrogens with one attached hydrogen (secondary N) is 1. The van der Waals surface area contributed by atoms with Gasteiger partial charge in [0.15, 0.2) is 0 Å². The van der Waals surface area contributed by atoms with E-state index in [1.165, 1.54) is 34.6 Å². The highest BCUT2D eigenvalue weighted by Crippen LogP contribution is 2.62. The number of aryl methyl sites for hydroxylation is 6. The quantitative estimate of drug-likeness (QED) is 0.0941. The zero-order valence-electron chi connectivity index (χ0n) is 63.6. The lowest BCUT2D eigenvalue weighted by molar-refractivity contribution is -0.290. The number of carbonyl (C=O) groups is 12. The fourth-order valence-corrected chi connectivity index (χ4v) is 18.1. The summed E-state index contributed by atoms with van der Waals surface area (Å²) in [6.45, 7) is 13.4. The molecule has 36 heteroatoms. The van der Waals surface area contributed by atoms with Crippen LogP contribution in [0.2, 0.25) is 0 Å². The summed E-state index contributed by atoms with van der Waals surface area (Å²) in [7, 11) is 0. The molecule has 9 aromatic carbocycles. The van der Waals surface area contributed by atoms with Crippen molar-refractivity contribution in [3.8, 4) is 0 Å². The van der Waals surface area contributed by atoms with Crippen molar-refractivity contribution in [3.05, 3.63) is 283 Å². The SMILES string of the molecule is Cc1cc(C)c(N2C(=O)c3ccc(C(c4ccc5c(c4)C(=O)N(c4c(C)cc(C)c(N6C(=O)c7ccc(C(c8ccc9c(c8)C(=O)N(c8c(C)cc(C)c(N%10C(=O)c%11ccc(C(c%12ccc%13c(c%12)C(=O)NC%13=O)(C(F)(F)F)C(F)(F)F)cc%11C%10=O)c8C)C9=O)(C(F)(F)F)C(F)(F)F)cc7C6=O)c4C)C5=O)(C(F)(F)F)C(F)(F)F)cc3C2=O)c(C)c1C. The average molecular weight is 1690 g/mol. The van der Waals surface area contributed by atoms with Crippen LogP contribution in [-0.2, 0) is 16.2 Å². The number of benzene rings is 9. The second-order valence-electron chi connectivity index (χ2n) is 30.1. The highest BCUT2D eigenvalue weighted by molar-refractivity contribution is 6.40. The molecule has 9 aromatic rings. The smallest absolute Gasteiger partial charge is 0.288 e. The van der Waals surface area contributed by atoms with Gasteiger partial charge in [0.25, 0.3) is 70.9 Å². The molecule has 12 amide bonds. The van der Waals surface area contributed by atoms with E-state index in [2.05, 4.69) is 0 Å². The number of fused-ring (bicyclic) bond motifs is 6. The molecule has 0 aliphatic carbocycles. The fourth-order valence-electron chi connectivity index (χ4n) is 18.1. The number of halogens is 18. The second kappa shape index (κ2) is 26.3. The monoisotopic (exact) mass is 1690 g/mol. The van der Waals surface area contributed by atoms with Crippen LogP contribution in [0.25, 0.3) is 0 Å². The molecular weight excluding hydrogens is 1640 g/mol. The van der Waals surface area contributed by atoms with Crippen molar-refractivity contribution in [3.63, 3.8) is 0 Å². The Morgan fingerprint density at radius 2 is 0.372 bits per heavy atom. The Morgan fingerprint density at radius 1 is 0.198 bits per heavy atom. The van der Waals surface area contributed by atoms with E-state index in [1.807, 2.05) is 0 Å². The van der Waals surface area contributed by atoms with E-state index in [4.69, 9.17) is 0 Å². The van der Waals surface area contributed by atoms with Gasteiger partial charge in [-0.25, -0.2) is 24.5 Å². The molecule has 15 rings (SSSR count). The Bertz CT molecular complexity index is 6390. The van der Waals surface area contributed by atoms with E-state index >= 15 is 79.0 Å². The molecule has 0 bridgehead atoms. The highest BCUT2D eigenvalue weighted by atomic mass is 19.4. The molecule has 6 heterocycles. The van der Waals surface area contributed by atoms with E-state index in [1.54, 1.807) is 32.2 Å². The summed E-state index contributed by atoms with van der Waals surface area (Å²) in [5.41, 5.74) is -38.5. The molecule has 0 saturated heterocycles. The Hall–Kier alpha value is -13.4. The summed E-state index contributed by atoms with van der Waals surface area (Å²) in [4.78, 5) is 172. The number of nitrogens with zero attached hydrogens (tertiary/aromatic N) is 5. The second-order valence-corrected chi connectivity index (χ2v) is 30.1. The molecule has 0 fully saturated rings. The van der Waals surface area contributed by atoms with Gasteiger partial charge in [-0.1, -0.05) is 54.6 Å². The largest absolute Gasteiger partial charge is 0.411 e. The topological polar surface area (TPSA) is 233 Å².